The molecule has 0 saturated heterocycles. The predicted octanol–water partition coefficient (Wildman–Crippen LogP) is 7.58. The first-order valence-corrected chi connectivity index (χ1v) is 10.4. The van der Waals surface area contributed by atoms with Crippen molar-refractivity contribution in [2.75, 3.05) is 0 Å². The summed E-state index contributed by atoms with van der Waals surface area (Å²) in [6, 6.07) is 38.1. The van der Waals surface area contributed by atoms with Crippen LogP contribution in [0.5, 0.6) is 0 Å². The van der Waals surface area contributed by atoms with E-state index in [1.165, 1.54) is 38.9 Å². The van der Waals surface area contributed by atoms with Crippen molar-refractivity contribution in [1.82, 2.24) is 0 Å². The minimum atomic E-state index is 0.251. The molecule has 0 nitrogen and oxygen atoms in total. The van der Waals surface area contributed by atoms with Crippen molar-refractivity contribution < 1.29 is 0 Å². The minimum Gasteiger partial charge on any atom is -0.0622 e. The molecule has 144 valence electrons. The molecule has 0 aliphatic rings. The molecule has 4 aromatic rings. The van der Waals surface area contributed by atoms with Crippen LogP contribution in [0.25, 0.3) is 0 Å². The van der Waals surface area contributed by atoms with Crippen LogP contribution in [0.1, 0.15) is 50.8 Å². The SMILES string of the molecule is Cc1ccc(C(c2ccccc2)C(c2ccc(C)cc2)c2ccc(C)cc2)cc1. The van der Waals surface area contributed by atoms with Crippen molar-refractivity contribution in [2.24, 2.45) is 0 Å². The average Bonchev–Trinajstić information content (AvgIpc) is 2.75. The maximum atomic E-state index is 2.30. The average molecular weight is 377 g/mol. The molecule has 29 heavy (non-hydrogen) atoms. The van der Waals surface area contributed by atoms with Crippen LogP contribution in [0.15, 0.2) is 103 Å². The topological polar surface area (TPSA) is 0 Å². The fraction of sp³-hybridized carbons (Fsp3) is 0.172. The number of rotatable bonds is 5. The molecule has 0 heterocycles. The summed E-state index contributed by atoms with van der Waals surface area (Å²) in [7, 11) is 0. The first-order valence-electron chi connectivity index (χ1n) is 10.4. The van der Waals surface area contributed by atoms with E-state index in [9.17, 15) is 0 Å². The highest BCUT2D eigenvalue weighted by molar-refractivity contribution is 5.46. The van der Waals surface area contributed by atoms with Crippen LogP contribution in [0, 0.1) is 20.8 Å². The van der Waals surface area contributed by atoms with Crippen molar-refractivity contribution in [3.63, 3.8) is 0 Å². The molecule has 0 spiro atoms. The summed E-state index contributed by atoms with van der Waals surface area (Å²) in [5, 5.41) is 0. The second-order valence-corrected chi connectivity index (χ2v) is 8.10. The molecule has 0 saturated carbocycles. The van der Waals surface area contributed by atoms with Crippen molar-refractivity contribution in [3.05, 3.63) is 142 Å². The lowest BCUT2D eigenvalue weighted by Gasteiger charge is -2.30. The molecular formula is C29H28. The van der Waals surface area contributed by atoms with Gasteiger partial charge in [-0.15, -0.1) is 0 Å². The summed E-state index contributed by atoms with van der Waals surface area (Å²) in [4.78, 5) is 0. The van der Waals surface area contributed by atoms with Gasteiger partial charge < -0.3 is 0 Å². The summed E-state index contributed by atoms with van der Waals surface area (Å²) in [6.45, 7) is 6.46. The Morgan fingerprint density at radius 2 is 0.621 bits per heavy atom. The molecule has 0 amide bonds. The molecule has 1 unspecified atom stereocenters. The monoisotopic (exact) mass is 376 g/mol. The first-order chi connectivity index (χ1) is 14.1. The van der Waals surface area contributed by atoms with E-state index in [4.69, 9.17) is 0 Å². The third kappa shape index (κ3) is 4.32. The fourth-order valence-corrected chi connectivity index (χ4v) is 4.14. The highest BCUT2D eigenvalue weighted by Crippen LogP contribution is 2.43. The van der Waals surface area contributed by atoms with Gasteiger partial charge in [0.2, 0.25) is 0 Å². The smallest absolute Gasteiger partial charge is 0.0199 e. The maximum absolute atomic E-state index is 2.30. The molecule has 4 aromatic carbocycles. The van der Waals surface area contributed by atoms with E-state index in [2.05, 4.69) is 124 Å². The van der Waals surface area contributed by atoms with Crippen LogP contribution >= 0.6 is 0 Å². The lowest BCUT2D eigenvalue weighted by molar-refractivity contribution is 0.693. The lowest BCUT2D eigenvalue weighted by atomic mass is 9.73. The maximum Gasteiger partial charge on any atom is 0.0199 e. The fourth-order valence-electron chi connectivity index (χ4n) is 4.14. The van der Waals surface area contributed by atoms with Crippen molar-refractivity contribution in [2.45, 2.75) is 32.6 Å². The zero-order valence-electron chi connectivity index (χ0n) is 17.5. The first kappa shape index (κ1) is 19.2. The zero-order valence-corrected chi connectivity index (χ0v) is 17.5. The summed E-state index contributed by atoms with van der Waals surface area (Å²) in [5.74, 6) is 0.503. The Balaban J connectivity index is 1.93. The Labute approximate surface area is 174 Å². The summed E-state index contributed by atoms with van der Waals surface area (Å²) in [6.07, 6.45) is 0. The van der Waals surface area contributed by atoms with Gasteiger partial charge in [-0.1, -0.05) is 120 Å². The minimum absolute atomic E-state index is 0.251. The van der Waals surface area contributed by atoms with Gasteiger partial charge in [-0.2, -0.15) is 0 Å². The van der Waals surface area contributed by atoms with Crippen molar-refractivity contribution in [1.29, 1.82) is 0 Å². The molecule has 1 atom stereocenters. The molecule has 0 bridgehead atoms. The molecule has 0 aliphatic carbocycles. The van der Waals surface area contributed by atoms with Gasteiger partial charge in [0, 0.05) is 11.8 Å². The van der Waals surface area contributed by atoms with Crippen LogP contribution in [-0.4, -0.2) is 0 Å². The normalized spacial score (nSPS) is 12.1. The number of aryl methyl sites for hydroxylation is 3. The third-order valence-corrected chi connectivity index (χ3v) is 5.80. The Bertz CT molecular complexity index is 994. The van der Waals surface area contributed by atoms with Gasteiger partial charge in [-0.3, -0.25) is 0 Å². The largest absolute Gasteiger partial charge is 0.0622 e. The Morgan fingerprint density at radius 3 is 0.931 bits per heavy atom. The van der Waals surface area contributed by atoms with Gasteiger partial charge in [-0.25, -0.2) is 0 Å². The van der Waals surface area contributed by atoms with E-state index in [0.717, 1.165) is 0 Å². The number of hydrogen-bond donors (Lipinski definition) is 0. The van der Waals surface area contributed by atoms with E-state index in [1.54, 1.807) is 0 Å². The van der Waals surface area contributed by atoms with Crippen LogP contribution in [0.3, 0.4) is 0 Å². The Morgan fingerprint density at radius 1 is 0.345 bits per heavy atom. The van der Waals surface area contributed by atoms with E-state index in [0.29, 0.717) is 0 Å². The molecule has 0 fully saturated rings. The standard InChI is InChI=1S/C29H28/c1-21-9-15-25(16-10-21)28(24-7-5-4-6-8-24)29(26-17-11-22(2)12-18-26)27-19-13-23(3)14-20-27/h4-20,28-29H,1-3H3. The summed E-state index contributed by atoms with van der Waals surface area (Å²) in [5.41, 5.74) is 9.30. The third-order valence-electron chi connectivity index (χ3n) is 5.80. The highest BCUT2D eigenvalue weighted by Gasteiger charge is 2.28. The molecule has 0 heteroatoms. The Kier molecular flexibility index (Phi) is 5.62. The predicted molar refractivity (Wildman–Crippen MR) is 124 cm³/mol. The van der Waals surface area contributed by atoms with Gasteiger partial charge in [0.15, 0.2) is 0 Å². The van der Waals surface area contributed by atoms with Gasteiger partial charge in [0.05, 0.1) is 0 Å². The van der Waals surface area contributed by atoms with Crippen LogP contribution in [-0.2, 0) is 0 Å². The number of hydrogen-bond acceptors (Lipinski definition) is 0. The van der Waals surface area contributed by atoms with Crippen molar-refractivity contribution in [3.8, 4) is 0 Å². The van der Waals surface area contributed by atoms with E-state index in [-0.39, 0.29) is 11.8 Å². The van der Waals surface area contributed by atoms with E-state index in [1.807, 2.05) is 0 Å². The van der Waals surface area contributed by atoms with Crippen molar-refractivity contribution >= 4 is 0 Å². The molecule has 0 N–H and O–H groups in total. The molecule has 0 aromatic heterocycles. The van der Waals surface area contributed by atoms with Crippen LogP contribution in [0.2, 0.25) is 0 Å². The second-order valence-electron chi connectivity index (χ2n) is 8.10. The zero-order chi connectivity index (χ0) is 20.2. The number of benzene rings is 4. The van der Waals surface area contributed by atoms with E-state index >= 15 is 0 Å². The van der Waals surface area contributed by atoms with Gasteiger partial charge in [0.25, 0.3) is 0 Å². The van der Waals surface area contributed by atoms with E-state index < -0.39 is 0 Å². The van der Waals surface area contributed by atoms with Gasteiger partial charge in [-0.05, 0) is 43.0 Å². The highest BCUT2D eigenvalue weighted by atomic mass is 14.3. The Hall–Kier alpha value is -3.12. The lowest BCUT2D eigenvalue weighted by Crippen LogP contribution is -2.15. The van der Waals surface area contributed by atoms with Crippen LogP contribution in [0.4, 0.5) is 0 Å². The summed E-state index contributed by atoms with van der Waals surface area (Å²) >= 11 is 0. The van der Waals surface area contributed by atoms with Gasteiger partial charge in [0.1, 0.15) is 0 Å². The molecule has 4 rings (SSSR count). The van der Waals surface area contributed by atoms with Gasteiger partial charge >= 0.3 is 0 Å². The van der Waals surface area contributed by atoms with Crippen LogP contribution < -0.4 is 0 Å². The quantitative estimate of drug-likeness (QED) is 0.337. The summed E-state index contributed by atoms with van der Waals surface area (Å²) < 4.78 is 0. The molecular weight excluding hydrogens is 348 g/mol. The molecule has 0 aliphatic heterocycles. The second kappa shape index (κ2) is 8.49. The molecule has 0 radical (unpaired) electrons.